The molecule has 6 heteroatoms. The van der Waals surface area contributed by atoms with Gasteiger partial charge in [0.2, 0.25) is 0 Å². The SMILES string of the molecule is O=C(CNCC1CC1)Cc1ccc(OC(F)(F)F)cc1. The lowest BCUT2D eigenvalue weighted by Crippen LogP contribution is -2.26. The highest BCUT2D eigenvalue weighted by Gasteiger charge is 2.30. The molecular weight excluding hydrogens is 271 g/mol. The molecule has 0 aliphatic heterocycles. The number of hydrogen-bond acceptors (Lipinski definition) is 3. The molecule has 1 aliphatic carbocycles. The number of carbonyl (C=O) groups excluding carboxylic acids is 1. The predicted molar refractivity (Wildman–Crippen MR) is 67.4 cm³/mol. The van der Waals surface area contributed by atoms with Gasteiger partial charge in [0.25, 0.3) is 0 Å². The summed E-state index contributed by atoms with van der Waals surface area (Å²) >= 11 is 0. The molecule has 1 aromatic carbocycles. The predicted octanol–water partition coefficient (Wildman–Crippen LogP) is 2.70. The molecule has 110 valence electrons. The Bertz CT molecular complexity index is 452. The maximum atomic E-state index is 12.0. The van der Waals surface area contributed by atoms with Gasteiger partial charge in [-0.15, -0.1) is 13.2 Å². The van der Waals surface area contributed by atoms with Crippen LogP contribution in [0.5, 0.6) is 5.75 Å². The van der Waals surface area contributed by atoms with E-state index in [-0.39, 0.29) is 18.0 Å². The van der Waals surface area contributed by atoms with Gasteiger partial charge in [0.05, 0.1) is 6.54 Å². The third-order valence-corrected chi connectivity index (χ3v) is 3.01. The van der Waals surface area contributed by atoms with Gasteiger partial charge in [0, 0.05) is 6.42 Å². The molecule has 1 saturated carbocycles. The zero-order valence-corrected chi connectivity index (χ0v) is 10.9. The normalized spacial score (nSPS) is 15.2. The molecule has 0 unspecified atom stereocenters. The zero-order valence-electron chi connectivity index (χ0n) is 10.9. The number of ether oxygens (including phenoxy) is 1. The van der Waals surface area contributed by atoms with Crippen molar-refractivity contribution in [2.24, 2.45) is 5.92 Å². The van der Waals surface area contributed by atoms with Crippen LogP contribution < -0.4 is 10.1 Å². The fourth-order valence-corrected chi connectivity index (χ4v) is 1.84. The van der Waals surface area contributed by atoms with E-state index in [2.05, 4.69) is 10.1 Å². The van der Waals surface area contributed by atoms with Crippen molar-refractivity contribution in [3.05, 3.63) is 29.8 Å². The van der Waals surface area contributed by atoms with Crippen LogP contribution in [0.15, 0.2) is 24.3 Å². The molecule has 0 spiro atoms. The van der Waals surface area contributed by atoms with Crippen LogP contribution in [0, 0.1) is 5.92 Å². The Balaban J connectivity index is 1.75. The molecule has 1 aliphatic rings. The number of Topliss-reactive ketones (excluding diaryl/α,β-unsaturated/α-hetero) is 1. The van der Waals surface area contributed by atoms with Crippen molar-refractivity contribution in [1.29, 1.82) is 0 Å². The van der Waals surface area contributed by atoms with E-state index in [1.54, 1.807) is 0 Å². The first kappa shape index (κ1) is 14.8. The van der Waals surface area contributed by atoms with E-state index >= 15 is 0 Å². The Morgan fingerprint density at radius 2 is 1.90 bits per heavy atom. The summed E-state index contributed by atoms with van der Waals surface area (Å²) in [6.07, 6.45) is -2.03. The first-order chi connectivity index (χ1) is 9.42. The van der Waals surface area contributed by atoms with E-state index in [1.807, 2.05) is 0 Å². The maximum absolute atomic E-state index is 12.0. The topological polar surface area (TPSA) is 38.3 Å². The lowest BCUT2D eigenvalue weighted by atomic mass is 10.1. The van der Waals surface area contributed by atoms with Crippen LogP contribution >= 0.6 is 0 Å². The van der Waals surface area contributed by atoms with E-state index in [1.165, 1.54) is 37.1 Å². The van der Waals surface area contributed by atoms with Gasteiger partial charge >= 0.3 is 6.36 Å². The highest BCUT2D eigenvalue weighted by molar-refractivity contribution is 5.82. The van der Waals surface area contributed by atoms with Crippen LogP contribution in [-0.4, -0.2) is 25.2 Å². The van der Waals surface area contributed by atoms with Crippen LogP contribution in [0.2, 0.25) is 0 Å². The second-order valence-electron chi connectivity index (χ2n) is 4.98. The van der Waals surface area contributed by atoms with Gasteiger partial charge in [-0.25, -0.2) is 0 Å². The molecule has 20 heavy (non-hydrogen) atoms. The van der Waals surface area contributed by atoms with Crippen molar-refractivity contribution in [2.45, 2.75) is 25.6 Å². The van der Waals surface area contributed by atoms with Crippen LogP contribution in [0.3, 0.4) is 0 Å². The highest BCUT2D eigenvalue weighted by atomic mass is 19.4. The minimum absolute atomic E-state index is 0.0233. The number of halogens is 3. The third kappa shape index (κ3) is 5.61. The summed E-state index contributed by atoms with van der Waals surface area (Å²) in [6.45, 7) is 1.17. The molecular formula is C14H16F3NO2. The standard InChI is InChI=1S/C14H16F3NO2/c15-14(16,17)20-13-5-3-10(4-6-13)7-12(19)9-18-8-11-1-2-11/h3-6,11,18H,1-2,7-9H2. The highest BCUT2D eigenvalue weighted by Crippen LogP contribution is 2.27. The molecule has 0 radical (unpaired) electrons. The third-order valence-electron chi connectivity index (χ3n) is 3.01. The van der Waals surface area contributed by atoms with Gasteiger partial charge in [-0.05, 0) is 43.0 Å². The first-order valence-electron chi connectivity index (χ1n) is 6.49. The minimum Gasteiger partial charge on any atom is -0.406 e. The Labute approximate surface area is 115 Å². The molecule has 2 rings (SSSR count). The van der Waals surface area contributed by atoms with E-state index in [4.69, 9.17) is 0 Å². The second kappa shape index (κ2) is 6.26. The van der Waals surface area contributed by atoms with Crippen molar-refractivity contribution in [1.82, 2.24) is 5.32 Å². The van der Waals surface area contributed by atoms with Crippen molar-refractivity contribution in [3.63, 3.8) is 0 Å². The fourth-order valence-electron chi connectivity index (χ4n) is 1.84. The minimum atomic E-state index is -4.69. The Morgan fingerprint density at radius 1 is 1.25 bits per heavy atom. The number of ketones is 1. The molecule has 0 saturated heterocycles. The number of hydrogen-bond donors (Lipinski definition) is 1. The molecule has 0 atom stereocenters. The van der Waals surface area contributed by atoms with Crippen LogP contribution in [-0.2, 0) is 11.2 Å². The molecule has 0 aromatic heterocycles. The summed E-state index contributed by atoms with van der Waals surface area (Å²) in [5, 5.41) is 3.09. The van der Waals surface area contributed by atoms with Crippen LogP contribution in [0.25, 0.3) is 0 Å². The quantitative estimate of drug-likeness (QED) is 0.838. The average molecular weight is 287 g/mol. The number of rotatable bonds is 7. The number of nitrogens with one attached hydrogen (secondary N) is 1. The summed E-state index contributed by atoms with van der Waals surface area (Å²) < 4.78 is 39.7. The van der Waals surface area contributed by atoms with Crippen LogP contribution in [0.4, 0.5) is 13.2 Å². The van der Waals surface area contributed by atoms with Gasteiger partial charge in [-0.3, -0.25) is 4.79 Å². The Kier molecular flexibility index (Phi) is 4.65. The molecule has 1 fully saturated rings. The van der Waals surface area contributed by atoms with E-state index < -0.39 is 6.36 Å². The summed E-state index contributed by atoms with van der Waals surface area (Å²) in [5.41, 5.74) is 0.678. The molecule has 0 amide bonds. The number of carbonyl (C=O) groups is 1. The van der Waals surface area contributed by atoms with Crippen LogP contribution in [0.1, 0.15) is 18.4 Å². The smallest absolute Gasteiger partial charge is 0.406 e. The van der Waals surface area contributed by atoms with E-state index in [0.717, 1.165) is 6.54 Å². The van der Waals surface area contributed by atoms with E-state index in [0.29, 0.717) is 18.0 Å². The summed E-state index contributed by atoms with van der Waals surface area (Å²) in [5.74, 6) is 0.456. The van der Waals surface area contributed by atoms with Gasteiger partial charge in [0.15, 0.2) is 5.78 Å². The summed E-state index contributed by atoms with van der Waals surface area (Å²) in [4.78, 5) is 11.7. The summed E-state index contributed by atoms with van der Waals surface area (Å²) in [7, 11) is 0. The van der Waals surface area contributed by atoms with Gasteiger partial charge in [0.1, 0.15) is 5.75 Å². The molecule has 0 bridgehead atoms. The van der Waals surface area contributed by atoms with Crippen molar-refractivity contribution in [3.8, 4) is 5.75 Å². The molecule has 1 aromatic rings. The second-order valence-corrected chi connectivity index (χ2v) is 4.98. The summed E-state index contributed by atoms with van der Waals surface area (Å²) in [6, 6.07) is 5.38. The van der Waals surface area contributed by atoms with Gasteiger partial charge < -0.3 is 10.1 Å². The number of alkyl halides is 3. The van der Waals surface area contributed by atoms with Crippen molar-refractivity contribution in [2.75, 3.05) is 13.1 Å². The fraction of sp³-hybridized carbons (Fsp3) is 0.500. The largest absolute Gasteiger partial charge is 0.573 e. The Morgan fingerprint density at radius 3 is 2.45 bits per heavy atom. The lowest BCUT2D eigenvalue weighted by molar-refractivity contribution is -0.274. The van der Waals surface area contributed by atoms with Crippen molar-refractivity contribution < 1.29 is 22.7 Å². The van der Waals surface area contributed by atoms with E-state index in [9.17, 15) is 18.0 Å². The lowest BCUT2D eigenvalue weighted by Gasteiger charge is -2.09. The molecule has 1 N–H and O–H groups in total. The Hall–Kier alpha value is -1.56. The van der Waals surface area contributed by atoms with Gasteiger partial charge in [-0.1, -0.05) is 12.1 Å². The molecule has 0 heterocycles. The zero-order chi connectivity index (χ0) is 14.6. The average Bonchev–Trinajstić information content (AvgIpc) is 3.14. The maximum Gasteiger partial charge on any atom is 0.573 e. The monoisotopic (exact) mass is 287 g/mol. The molecule has 3 nitrogen and oxygen atoms in total. The van der Waals surface area contributed by atoms with Crippen molar-refractivity contribution >= 4 is 5.78 Å². The number of benzene rings is 1. The first-order valence-corrected chi connectivity index (χ1v) is 6.49. The van der Waals surface area contributed by atoms with Gasteiger partial charge in [-0.2, -0.15) is 0 Å².